The highest BCUT2D eigenvalue weighted by Crippen LogP contribution is 2.59. The number of amides is 1. The first kappa shape index (κ1) is 15.9. The first-order chi connectivity index (χ1) is 9.73. The van der Waals surface area contributed by atoms with Crippen LogP contribution in [0.2, 0.25) is 0 Å². The Morgan fingerprint density at radius 2 is 1.86 bits per heavy atom. The molecule has 0 unspecified atom stereocenters. The first-order valence-corrected chi connectivity index (χ1v) is 7.53. The Labute approximate surface area is 126 Å². The van der Waals surface area contributed by atoms with Crippen LogP contribution < -0.4 is 5.32 Å². The Balaban J connectivity index is 1.95. The average molecular weight is 295 g/mol. The third-order valence-corrected chi connectivity index (χ3v) is 4.25. The molecule has 5 heteroatoms. The van der Waals surface area contributed by atoms with Gasteiger partial charge in [-0.3, -0.25) is 5.32 Å². The highest BCUT2D eigenvalue weighted by molar-refractivity contribution is 5.92. The van der Waals surface area contributed by atoms with E-state index in [4.69, 9.17) is 9.47 Å². The van der Waals surface area contributed by atoms with Crippen LogP contribution in [0, 0.1) is 11.3 Å². The van der Waals surface area contributed by atoms with Crippen molar-refractivity contribution in [1.29, 1.82) is 0 Å². The predicted octanol–water partition coefficient (Wildman–Crippen LogP) is 3.15. The second-order valence-electron chi connectivity index (χ2n) is 7.22. The minimum absolute atomic E-state index is 0.186. The van der Waals surface area contributed by atoms with Crippen LogP contribution in [0.1, 0.15) is 52.9 Å². The number of ether oxygens (including phenoxy) is 2. The lowest BCUT2D eigenvalue weighted by Gasteiger charge is -2.53. The summed E-state index contributed by atoms with van der Waals surface area (Å²) in [6, 6.07) is 0. The summed E-state index contributed by atoms with van der Waals surface area (Å²) in [6.45, 7) is 5.33. The van der Waals surface area contributed by atoms with Gasteiger partial charge < -0.3 is 9.47 Å². The van der Waals surface area contributed by atoms with Gasteiger partial charge in [-0.25, -0.2) is 9.59 Å². The van der Waals surface area contributed by atoms with Gasteiger partial charge in [-0.05, 0) is 57.8 Å². The molecule has 0 aromatic heterocycles. The van der Waals surface area contributed by atoms with Crippen LogP contribution in [0.25, 0.3) is 0 Å². The van der Waals surface area contributed by atoms with Gasteiger partial charge in [0.25, 0.3) is 0 Å². The molecule has 0 aromatic carbocycles. The summed E-state index contributed by atoms with van der Waals surface area (Å²) < 4.78 is 9.90. The molecule has 2 aliphatic carbocycles. The molecule has 0 heterocycles. The molecule has 2 saturated carbocycles. The molecule has 2 aliphatic rings. The summed E-state index contributed by atoms with van der Waals surface area (Å²) in [5.74, 6) is -0.190. The fraction of sp³-hybridized carbons (Fsp3) is 0.750. The summed E-state index contributed by atoms with van der Waals surface area (Å²) in [5, 5.41) is 2.51. The van der Waals surface area contributed by atoms with Crippen molar-refractivity contribution in [1.82, 2.24) is 5.32 Å². The molecule has 5 nitrogen and oxygen atoms in total. The van der Waals surface area contributed by atoms with Crippen molar-refractivity contribution in [3.8, 4) is 0 Å². The van der Waals surface area contributed by atoms with E-state index in [1.165, 1.54) is 26.4 Å². The summed E-state index contributed by atoms with van der Waals surface area (Å²) in [4.78, 5) is 23.6. The first-order valence-electron chi connectivity index (χ1n) is 7.53. The number of alkyl carbamates (subject to hydrolysis) is 1. The van der Waals surface area contributed by atoms with E-state index in [1.54, 1.807) is 20.8 Å². The number of rotatable bonds is 3. The Kier molecular flexibility index (Phi) is 4.30. The van der Waals surface area contributed by atoms with E-state index in [-0.39, 0.29) is 5.70 Å². The van der Waals surface area contributed by atoms with Crippen molar-refractivity contribution in [2.45, 2.75) is 58.5 Å². The molecule has 0 atom stereocenters. The Hall–Kier alpha value is -1.52. The van der Waals surface area contributed by atoms with Gasteiger partial charge in [0, 0.05) is 0 Å². The molecule has 2 fully saturated rings. The van der Waals surface area contributed by atoms with E-state index in [1.807, 2.05) is 6.08 Å². The van der Waals surface area contributed by atoms with Crippen LogP contribution in [0.3, 0.4) is 0 Å². The number of allylic oxidation sites excluding steroid dienone is 1. The molecular weight excluding hydrogens is 270 g/mol. The van der Waals surface area contributed by atoms with Crippen molar-refractivity contribution < 1.29 is 19.1 Å². The third-order valence-electron chi connectivity index (χ3n) is 4.25. The number of carbonyl (C=O) groups excluding carboxylic acids is 2. The zero-order chi connectivity index (χ0) is 15.7. The number of hydrogen-bond acceptors (Lipinski definition) is 4. The molecule has 1 spiro atoms. The normalized spacial score (nSPS) is 21.2. The van der Waals surface area contributed by atoms with Crippen LogP contribution in [0.5, 0.6) is 0 Å². The van der Waals surface area contributed by atoms with Crippen LogP contribution in [0.15, 0.2) is 11.8 Å². The molecule has 2 rings (SSSR count). The topological polar surface area (TPSA) is 64.6 Å². The van der Waals surface area contributed by atoms with Crippen molar-refractivity contribution in [2.24, 2.45) is 11.3 Å². The van der Waals surface area contributed by atoms with E-state index >= 15 is 0 Å². The van der Waals surface area contributed by atoms with E-state index in [2.05, 4.69) is 5.32 Å². The quantitative estimate of drug-likeness (QED) is 0.641. The molecule has 21 heavy (non-hydrogen) atoms. The Morgan fingerprint density at radius 3 is 2.29 bits per heavy atom. The molecule has 1 amide bonds. The standard InChI is InChI=1S/C16H25NO4/c1-15(2,3)21-14(19)17-12(13(18)20-4)8-11-9-16(10-11)6-5-7-16/h8,11H,5-7,9-10H2,1-4H3,(H,17,19)/b12-8-. The SMILES string of the molecule is COC(=O)/C(=C/C1CC2(CCC2)C1)NC(=O)OC(C)(C)C. The summed E-state index contributed by atoms with van der Waals surface area (Å²) in [6.07, 6.45) is 7.30. The second kappa shape index (κ2) is 5.70. The molecular formula is C16H25NO4. The lowest BCUT2D eigenvalue weighted by atomic mass is 9.52. The molecule has 0 saturated heterocycles. The number of hydrogen-bond donors (Lipinski definition) is 1. The number of nitrogens with one attached hydrogen (secondary N) is 1. The van der Waals surface area contributed by atoms with Gasteiger partial charge in [0.05, 0.1) is 7.11 Å². The van der Waals surface area contributed by atoms with Crippen molar-refractivity contribution in [2.75, 3.05) is 7.11 Å². The monoisotopic (exact) mass is 295 g/mol. The maximum Gasteiger partial charge on any atom is 0.412 e. The van der Waals surface area contributed by atoms with Gasteiger partial charge in [-0.15, -0.1) is 0 Å². The Bertz CT molecular complexity index is 449. The van der Waals surface area contributed by atoms with E-state index in [0.29, 0.717) is 11.3 Å². The van der Waals surface area contributed by atoms with Gasteiger partial charge in [0.15, 0.2) is 0 Å². The highest BCUT2D eigenvalue weighted by Gasteiger charge is 2.47. The lowest BCUT2D eigenvalue weighted by Crippen LogP contribution is -2.42. The highest BCUT2D eigenvalue weighted by atomic mass is 16.6. The van der Waals surface area contributed by atoms with E-state index in [9.17, 15) is 9.59 Å². The molecule has 118 valence electrons. The molecule has 0 aromatic rings. The third kappa shape index (κ3) is 3.99. The fourth-order valence-electron chi connectivity index (χ4n) is 3.18. The largest absolute Gasteiger partial charge is 0.464 e. The van der Waals surface area contributed by atoms with E-state index in [0.717, 1.165) is 12.8 Å². The van der Waals surface area contributed by atoms with Crippen LogP contribution in [-0.4, -0.2) is 24.8 Å². The molecule has 0 radical (unpaired) electrons. The van der Waals surface area contributed by atoms with Crippen molar-refractivity contribution >= 4 is 12.1 Å². The summed E-state index contributed by atoms with van der Waals surface area (Å²) >= 11 is 0. The van der Waals surface area contributed by atoms with Crippen LogP contribution >= 0.6 is 0 Å². The lowest BCUT2D eigenvalue weighted by molar-refractivity contribution is -0.136. The van der Waals surface area contributed by atoms with E-state index < -0.39 is 17.7 Å². The predicted molar refractivity (Wildman–Crippen MR) is 78.5 cm³/mol. The summed E-state index contributed by atoms with van der Waals surface area (Å²) in [5.41, 5.74) is 0.109. The van der Waals surface area contributed by atoms with Gasteiger partial charge in [0.2, 0.25) is 0 Å². The average Bonchev–Trinajstić information content (AvgIpc) is 2.25. The number of methoxy groups -OCH3 is 1. The van der Waals surface area contributed by atoms with Gasteiger partial charge in [0.1, 0.15) is 11.3 Å². The number of carbonyl (C=O) groups is 2. The van der Waals surface area contributed by atoms with Gasteiger partial charge >= 0.3 is 12.1 Å². The van der Waals surface area contributed by atoms with Crippen LogP contribution in [-0.2, 0) is 14.3 Å². The minimum atomic E-state index is -0.628. The maximum atomic E-state index is 11.8. The summed E-state index contributed by atoms with van der Waals surface area (Å²) in [7, 11) is 1.31. The Morgan fingerprint density at radius 1 is 1.24 bits per heavy atom. The van der Waals surface area contributed by atoms with Gasteiger partial charge in [-0.1, -0.05) is 12.5 Å². The fourth-order valence-corrected chi connectivity index (χ4v) is 3.18. The zero-order valence-electron chi connectivity index (χ0n) is 13.3. The minimum Gasteiger partial charge on any atom is -0.464 e. The smallest absolute Gasteiger partial charge is 0.412 e. The van der Waals surface area contributed by atoms with Crippen LogP contribution in [0.4, 0.5) is 4.79 Å². The molecule has 0 bridgehead atoms. The van der Waals surface area contributed by atoms with Gasteiger partial charge in [-0.2, -0.15) is 0 Å². The van der Waals surface area contributed by atoms with Crippen molar-refractivity contribution in [3.63, 3.8) is 0 Å². The maximum absolute atomic E-state index is 11.8. The number of esters is 1. The zero-order valence-corrected chi connectivity index (χ0v) is 13.3. The molecule has 0 aliphatic heterocycles. The van der Waals surface area contributed by atoms with Crippen molar-refractivity contribution in [3.05, 3.63) is 11.8 Å². The molecule has 1 N–H and O–H groups in total. The second-order valence-corrected chi connectivity index (χ2v) is 7.22.